The third kappa shape index (κ3) is 4.25. The summed E-state index contributed by atoms with van der Waals surface area (Å²) in [5.74, 6) is -0.858. The number of carbonyl (C=O) groups excluding carboxylic acids is 1. The maximum atomic E-state index is 12.3. The Kier molecular flexibility index (Phi) is 4.99. The lowest BCUT2D eigenvalue weighted by atomic mass is 9.98. The third-order valence-corrected chi connectivity index (χ3v) is 3.97. The molecule has 0 N–H and O–H groups in total. The molecule has 0 aliphatic carbocycles. The predicted molar refractivity (Wildman–Crippen MR) is 82.3 cm³/mol. The number of rotatable bonds is 3. The molecule has 0 aliphatic rings. The van der Waals surface area contributed by atoms with Crippen molar-refractivity contribution >= 4 is 21.9 Å². The van der Waals surface area contributed by atoms with E-state index in [1.165, 1.54) is 25.3 Å². The van der Waals surface area contributed by atoms with Crippen molar-refractivity contribution in [3.63, 3.8) is 0 Å². The highest BCUT2D eigenvalue weighted by Crippen LogP contribution is 2.33. The summed E-state index contributed by atoms with van der Waals surface area (Å²) < 4.78 is 46.3. The lowest BCUT2D eigenvalue weighted by Gasteiger charge is -2.13. The average Bonchev–Trinajstić information content (AvgIpc) is 2.47. The van der Waals surface area contributed by atoms with Crippen LogP contribution in [-0.2, 0) is 4.74 Å². The van der Waals surface area contributed by atoms with E-state index in [4.69, 9.17) is 0 Å². The summed E-state index contributed by atoms with van der Waals surface area (Å²) in [5.41, 5.74) is 2.17. The van der Waals surface area contributed by atoms with Crippen molar-refractivity contribution in [2.75, 3.05) is 7.11 Å². The van der Waals surface area contributed by atoms with Crippen molar-refractivity contribution in [2.24, 2.45) is 0 Å². The van der Waals surface area contributed by atoms with Crippen LogP contribution in [0.4, 0.5) is 13.2 Å². The summed E-state index contributed by atoms with van der Waals surface area (Å²) >= 11 is 3.34. The van der Waals surface area contributed by atoms with Gasteiger partial charge >= 0.3 is 12.3 Å². The molecule has 0 saturated carbocycles. The van der Waals surface area contributed by atoms with Crippen LogP contribution >= 0.6 is 15.9 Å². The molecule has 3 nitrogen and oxygen atoms in total. The monoisotopic (exact) mass is 388 g/mol. The molecule has 0 heterocycles. The first-order valence-electron chi connectivity index (χ1n) is 6.46. The molecule has 2 aromatic carbocycles. The van der Waals surface area contributed by atoms with Crippen molar-refractivity contribution in [1.82, 2.24) is 0 Å². The van der Waals surface area contributed by atoms with E-state index in [9.17, 15) is 18.0 Å². The second kappa shape index (κ2) is 6.62. The third-order valence-electron chi connectivity index (χ3n) is 3.14. The number of carbonyl (C=O) groups is 1. The zero-order chi connectivity index (χ0) is 17.2. The average molecular weight is 389 g/mol. The number of benzene rings is 2. The number of alkyl halides is 3. The van der Waals surface area contributed by atoms with Gasteiger partial charge in [0, 0.05) is 4.47 Å². The van der Waals surface area contributed by atoms with Gasteiger partial charge in [-0.15, -0.1) is 13.2 Å². The topological polar surface area (TPSA) is 35.5 Å². The van der Waals surface area contributed by atoms with Crippen LogP contribution in [0.5, 0.6) is 5.75 Å². The summed E-state index contributed by atoms with van der Waals surface area (Å²) in [6.45, 7) is 1.79. The summed E-state index contributed by atoms with van der Waals surface area (Å²) in [6.07, 6.45) is -4.76. The smallest absolute Gasteiger partial charge is 0.465 e. The second-order valence-electron chi connectivity index (χ2n) is 4.70. The maximum Gasteiger partial charge on any atom is 0.573 e. The van der Waals surface area contributed by atoms with Crippen molar-refractivity contribution in [1.29, 1.82) is 0 Å². The van der Waals surface area contributed by atoms with Crippen LogP contribution in [-0.4, -0.2) is 19.4 Å². The fourth-order valence-electron chi connectivity index (χ4n) is 2.08. The Hall–Kier alpha value is -2.02. The van der Waals surface area contributed by atoms with Gasteiger partial charge in [0.25, 0.3) is 0 Å². The summed E-state index contributed by atoms with van der Waals surface area (Å²) in [6, 6.07) is 8.74. The van der Waals surface area contributed by atoms with Crippen LogP contribution in [0.15, 0.2) is 40.9 Å². The molecule has 0 radical (unpaired) electrons. The van der Waals surface area contributed by atoms with Crippen molar-refractivity contribution in [3.8, 4) is 16.9 Å². The molecular formula is C16H12BrF3O3. The van der Waals surface area contributed by atoms with E-state index >= 15 is 0 Å². The van der Waals surface area contributed by atoms with E-state index in [0.717, 1.165) is 5.56 Å². The first kappa shape index (κ1) is 17.3. The summed E-state index contributed by atoms with van der Waals surface area (Å²) in [4.78, 5) is 11.7. The lowest BCUT2D eigenvalue weighted by Crippen LogP contribution is -2.17. The lowest BCUT2D eigenvalue weighted by molar-refractivity contribution is -0.274. The van der Waals surface area contributed by atoms with E-state index in [2.05, 4.69) is 25.4 Å². The van der Waals surface area contributed by atoms with Gasteiger partial charge in [-0.2, -0.15) is 0 Å². The molecule has 0 saturated heterocycles. The molecular weight excluding hydrogens is 377 g/mol. The first-order chi connectivity index (χ1) is 10.7. The Morgan fingerprint density at radius 2 is 1.87 bits per heavy atom. The Balaban J connectivity index is 2.51. The van der Waals surface area contributed by atoms with E-state index in [1.54, 1.807) is 25.1 Å². The van der Waals surface area contributed by atoms with E-state index in [-0.39, 0.29) is 5.75 Å². The number of halogens is 4. The minimum atomic E-state index is -4.76. The summed E-state index contributed by atoms with van der Waals surface area (Å²) in [7, 11) is 1.26. The number of esters is 1. The molecule has 7 heteroatoms. The SMILES string of the molecule is COC(=O)c1cc(Br)c(C)c(-c2cccc(OC(F)(F)F)c2)c1. The zero-order valence-corrected chi connectivity index (χ0v) is 13.8. The number of ether oxygens (including phenoxy) is 2. The van der Waals surface area contributed by atoms with Crippen LogP contribution in [0.1, 0.15) is 15.9 Å². The van der Waals surface area contributed by atoms with Gasteiger partial charge in [0.2, 0.25) is 0 Å². The molecule has 2 aromatic rings. The first-order valence-corrected chi connectivity index (χ1v) is 7.25. The molecule has 0 fully saturated rings. The standard InChI is InChI=1S/C16H12BrF3O3/c1-9-13(7-11(8-14(9)17)15(21)22-2)10-4-3-5-12(6-10)23-16(18,19)20/h3-8H,1-2H3. The number of methoxy groups -OCH3 is 1. The molecule has 0 aromatic heterocycles. The molecule has 0 atom stereocenters. The molecule has 23 heavy (non-hydrogen) atoms. The van der Waals surface area contributed by atoms with E-state index in [0.29, 0.717) is 21.2 Å². The molecule has 122 valence electrons. The van der Waals surface area contributed by atoms with E-state index in [1.807, 2.05) is 0 Å². The van der Waals surface area contributed by atoms with Crippen LogP contribution in [0.25, 0.3) is 11.1 Å². The van der Waals surface area contributed by atoms with Gasteiger partial charge in [-0.3, -0.25) is 0 Å². The highest BCUT2D eigenvalue weighted by molar-refractivity contribution is 9.10. The van der Waals surface area contributed by atoms with Crippen LogP contribution in [0.3, 0.4) is 0 Å². The van der Waals surface area contributed by atoms with Crippen molar-refractivity contribution in [3.05, 3.63) is 52.0 Å². The van der Waals surface area contributed by atoms with Gasteiger partial charge in [0.05, 0.1) is 12.7 Å². The van der Waals surface area contributed by atoms with Gasteiger partial charge < -0.3 is 9.47 Å². The van der Waals surface area contributed by atoms with Crippen molar-refractivity contribution < 1.29 is 27.4 Å². The Morgan fingerprint density at radius 1 is 1.17 bits per heavy atom. The van der Waals surface area contributed by atoms with Gasteiger partial charge in [-0.1, -0.05) is 28.1 Å². The van der Waals surface area contributed by atoms with Crippen LogP contribution < -0.4 is 4.74 Å². The maximum absolute atomic E-state index is 12.3. The Labute approximate surface area is 139 Å². The van der Waals surface area contributed by atoms with Crippen molar-refractivity contribution in [2.45, 2.75) is 13.3 Å². The minimum absolute atomic E-state index is 0.294. The quantitative estimate of drug-likeness (QED) is 0.685. The largest absolute Gasteiger partial charge is 0.573 e. The van der Waals surface area contributed by atoms with Gasteiger partial charge in [0.15, 0.2) is 0 Å². The fourth-order valence-corrected chi connectivity index (χ4v) is 2.54. The molecule has 0 amide bonds. The molecule has 2 rings (SSSR count). The number of hydrogen-bond acceptors (Lipinski definition) is 3. The molecule has 0 unspecified atom stereocenters. The Bertz CT molecular complexity index is 742. The van der Waals surface area contributed by atoms with Crippen LogP contribution in [0, 0.1) is 6.92 Å². The highest BCUT2D eigenvalue weighted by Gasteiger charge is 2.31. The van der Waals surface area contributed by atoms with Gasteiger partial charge in [-0.25, -0.2) is 4.79 Å². The highest BCUT2D eigenvalue weighted by atomic mass is 79.9. The van der Waals surface area contributed by atoms with E-state index < -0.39 is 12.3 Å². The summed E-state index contributed by atoms with van der Waals surface area (Å²) in [5, 5.41) is 0. The zero-order valence-electron chi connectivity index (χ0n) is 12.2. The number of hydrogen-bond donors (Lipinski definition) is 0. The van der Waals surface area contributed by atoms with Gasteiger partial charge in [-0.05, 0) is 47.9 Å². The minimum Gasteiger partial charge on any atom is -0.465 e. The van der Waals surface area contributed by atoms with Crippen LogP contribution in [0.2, 0.25) is 0 Å². The van der Waals surface area contributed by atoms with Gasteiger partial charge in [0.1, 0.15) is 5.75 Å². The normalized spacial score (nSPS) is 11.2. The second-order valence-corrected chi connectivity index (χ2v) is 5.55. The molecule has 0 spiro atoms. The Morgan fingerprint density at radius 3 is 2.48 bits per heavy atom. The molecule has 0 bridgehead atoms. The molecule has 0 aliphatic heterocycles. The predicted octanol–water partition coefficient (Wildman–Crippen LogP) is 5.11. The fraction of sp³-hybridized carbons (Fsp3) is 0.188.